The smallest absolute Gasteiger partial charge is 0.248 e. The molecule has 0 N–H and O–H groups in total. The van der Waals surface area contributed by atoms with Crippen LogP contribution < -0.4 is 0 Å². The average molecular weight is 151 g/mol. The molecular weight excluding hydrogens is 146 g/mol. The predicted molar refractivity (Wildman–Crippen MR) is 27.7 cm³/mol. The van der Waals surface area contributed by atoms with Crippen LogP contribution in [-0.2, 0) is 4.74 Å². The van der Waals surface area contributed by atoms with E-state index in [9.17, 15) is 20.2 Å². The Morgan fingerprint density at radius 3 is 1.90 bits per heavy atom. The quantitative estimate of drug-likeness (QED) is 0.298. The third kappa shape index (κ3) is 2.22. The molecule has 0 atom stereocenters. The second-order valence-corrected chi connectivity index (χ2v) is 1.27. The van der Waals surface area contributed by atoms with Crippen LogP contribution in [0.15, 0.2) is 0 Å². The second-order valence-electron chi connectivity index (χ2n) is 1.27. The van der Waals surface area contributed by atoms with Crippen LogP contribution >= 0.6 is 0 Å². The molecule has 0 saturated heterocycles. The zero-order chi connectivity index (χ0) is 8.15. The minimum atomic E-state index is -1.16. The van der Waals surface area contributed by atoms with E-state index >= 15 is 0 Å². The minimum absolute atomic E-state index is 0.264. The number of hydrogen-bond donors (Lipinski definition) is 0. The molecule has 0 saturated carbocycles. The first-order chi connectivity index (χ1) is 4.59. The molecule has 0 aromatic rings. The number of hydrogen-bond acceptors (Lipinski definition) is 5. The van der Waals surface area contributed by atoms with E-state index in [1.54, 1.807) is 0 Å². The topological polar surface area (TPSA) is 98.8 Å². The third-order valence-corrected chi connectivity index (χ3v) is 0.622. The fourth-order valence-corrected chi connectivity index (χ4v) is 0.269. The number of ether oxygens (including phenoxy) is 1. The van der Waals surface area contributed by atoms with Crippen LogP contribution in [0.2, 0.25) is 0 Å². The van der Waals surface area contributed by atoms with Gasteiger partial charge in [-0.1, -0.05) is 0 Å². The van der Waals surface area contributed by atoms with E-state index in [1.165, 1.54) is 0 Å². The predicted octanol–water partition coefficient (Wildman–Crippen LogP) is -0.724. The van der Waals surface area contributed by atoms with E-state index in [4.69, 9.17) is 0 Å². The molecule has 0 rings (SSSR count). The van der Waals surface area contributed by atoms with Gasteiger partial charge in [0, 0.05) is 7.11 Å². The molecule has 0 aliphatic carbocycles. The molecule has 0 unspecified atom stereocenters. The highest BCUT2D eigenvalue weighted by atomic mass is 16.8. The van der Waals surface area contributed by atoms with Crippen molar-refractivity contribution in [2.45, 2.75) is 0 Å². The fourth-order valence-electron chi connectivity index (χ4n) is 0.269. The van der Waals surface area contributed by atoms with Crippen molar-refractivity contribution in [2.24, 2.45) is 0 Å². The molecule has 58 valence electrons. The van der Waals surface area contributed by atoms with Crippen molar-refractivity contribution < 1.29 is 14.8 Å². The van der Waals surface area contributed by atoms with Gasteiger partial charge in [0.25, 0.3) is 0 Å². The maximum atomic E-state index is 9.74. The Labute approximate surface area is 55.2 Å². The monoisotopic (exact) mass is 151 g/mol. The summed E-state index contributed by atoms with van der Waals surface area (Å²) in [5, 5.41) is 16.9. The summed E-state index contributed by atoms with van der Waals surface area (Å²) in [4.78, 5) is 19.5. The zero-order valence-corrected chi connectivity index (χ0v) is 5.09. The summed E-state index contributed by atoms with van der Waals surface area (Å²) in [6.07, 6.45) is 0. The standard InChI is InChI=1S/C2H5N3O5/c1-10-2-3(4(6)7)5(8)9/h2H2,1H3. The number of nitro groups is 2. The van der Waals surface area contributed by atoms with E-state index in [1.807, 2.05) is 0 Å². The molecule has 0 aliphatic rings. The van der Waals surface area contributed by atoms with Crippen LogP contribution in [0.1, 0.15) is 0 Å². The van der Waals surface area contributed by atoms with E-state index in [-0.39, 0.29) is 5.12 Å². The lowest BCUT2D eigenvalue weighted by Crippen LogP contribution is -2.36. The highest BCUT2D eigenvalue weighted by Gasteiger charge is 2.25. The maximum Gasteiger partial charge on any atom is 0.248 e. The molecule has 0 aromatic heterocycles. The van der Waals surface area contributed by atoms with Gasteiger partial charge < -0.3 is 4.74 Å². The van der Waals surface area contributed by atoms with Crippen molar-refractivity contribution in [1.82, 2.24) is 5.12 Å². The van der Waals surface area contributed by atoms with Crippen molar-refractivity contribution in [3.63, 3.8) is 0 Å². The molecule has 0 spiro atoms. The fraction of sp³-hybridized carbons (Fsp3) is 1.00. The Morgan fingerprint density at radius 2 is 1.80 bits per heavy atom. The lowest BCUT2D eigenvalue weighted by Gasteiger charge is -1.99. The van der Waals surface area contributed by atoms with Gasteiger partial charge in [0.1, 0.15) is 0 Å². The zero-order valence-electron chi connectivity index (χ0n) is 5.09. The first kappa shape index (κ1) is 8.56. The third-order valence-electron chi connectivity index (χ3n) is 0.622. The number of nitrogens with zero attached hydrogens (tertiary/aromatic N) is 3. The summed E-state index contributed by atoms with van der Waals surface area (Å²) in [6, 6.07) is 0. The Kier molecular flexibility index (Phi) is 3.05. The van der Waals surface area contributed by atoms with Crippen LogP contribution in [0.25, 0.3) is 0 Å². The molecular formula is C2H5N3O5. The van der Waals surface area contributed by atoms with Gasteiger partial charge in [-0.3, -0.25) is 0 Å². The molecule has 0 amide bonds. The maximum absolute atomic E-state index is 9.74. The van der Waals surface area contributed by atoms with Crippen molar-refractivity contribution in [2.75, 3.05) is 13.8 Å². The Balaban J connectivity index is 3.98. The van der Waals surface area contributed by atoms with Gasteiger partial charge in [-0.15, -0.1) is 0 Å². The molecule has 0 fully saturated rings. The van der Waals surface area contributed by atoms with Crippen LogP contribution in [0.4, 0.5) is 0 Å². The van der Waals surface area contributed by atoms with Crippen LogP contribution in [-0.4, -0.2) is 29.0 Å². The molecule has 0 aromatic carbocycles. The summed E-state index contributed by atoms with van der Waals surface area (Å²) in [5.74, 6) is 0. The van der Waals surface area contributed by atoms with Gasteiger partial charge in [0.2, 0.25) is 16.8 Å². The van der Waals surface area contributed by atoms with Gasteiger partial charge in [-0.05, 0) is 0 Å². The molecule has 0 radical (unpaired) electrons. The largest absolute Gasteiger partial charge is 0.353 e. The lowest BCUT2D eigenvalue weighted by atomic mass is 11.2. The van der Waals surface area contributed by atoms with E-state index < -0.39 is 16.8 Å². The summed E-state index contributed by atoms with van der Waals surface area (Å²) in [6.45, 7) is -0.667. The SMILES string of the molecule is COCN([N+](=O)[O-])[N+](=O)[O-]. The van der Waals surface area contributed by atoms with Crippen molar-refractivity contribution in [1.29, 1.82) is 0 Å². The Hall–Kier alpha value is -1.44. The molecule has 10 heavy (non-hydrogen) atoms. The minimum Gasteiger partial charge on any atom is -0.353 e. The first-order valence-electron chi connectivity index (χ1n) is 2.14. The Bertz CT molecular complexity index is 132. The summed E-state index contributed by atoms with van der Waals surface area (Å²) >= 11 is 0. The number of hydrazine groups is 2. The molecule has 0 aliphatic heterocycles. The number of rotatable bonds is 4. The molecule has 8 nitrogen and oxygen atoms in total. The van der Waals surface area contributed by atoms with Gasteiger partial charge in [0.05, 0.1) is 0 Å². The Morgan fingerprint density at radius 1 is 1.40 bits per heavy atom. The summed E-state index contributed by atoms with van der Waals surface area (Å²) < 4.78 is 4.17. The van der Waals surface area contributed by atoms with E-state index in [0.29, 0.717) is 0 Å². The van der Waals surface area contributed by atoms with Crippen LogP contribution in [0.3, 0.4) is 0 Å². The van der Waals surface area contributed by atoms with Gasteiger partial charge in [0.15, 0.2) is 5.12 Å². The van der Waals surface area contributed by atoms with Crippen LogP contribution in [0.5, 0.6) is 0 Å². The van der Waals surface area contributed by atoms with Gasteiger partial charge >= 0.3 is 0 Å². The highest BCUT2D eigenvalue weighted by molar-refractivity contribution is 4.10. The number of methoxy groups -OCH3 is 1. The van der Waals surface area contributed by atoms with Crippen molar-refractivity contribution in [3.8, 4) is 0 Å². The normalized spacial score (nSPS) is 8.90. The van der Waals surface area contributed by atoms with E-state index in [0.717, 1.165) is 7.11 Å². The first-order valence-corrected chi connectivity index (χ1v) is 2.14. The summed E-state index contributed by atoms with van der Waals surface area (Å²) in [7, 11) is 1.12. The molecule has 0 heterocycles. The summed E-state index contributed by atoms with van der Waals surface area (Å²) in [5.41, 5.74) is 0. The van der Waals surface area contributed by atoms with Crippen molar-refractivity contribution >= 4 is 0 Å². The van der Waals surface area contributed by atoms with Crippen molar-refractivity contribution in [3.05, 3.63) is 20.2 Å². The average Bonchev–Trinajstić information content (AvgIpc) is 1.81. The highest BCUT2D eigenvalue weighted by Crippen LogP contribution is 1.87. The molecule has 8 heteroatoms. The second kappa shape index (κ2) is 3.56. The van der Waals surface area contributed by atoms with Crippen LogP contribution in [0, 0.1) is 20.2 Å². The van der Waals surface area contributed by atoms with Gasteiger partial charge in [-0.2, -0.15) is 0 Å². The van der Waals surface area contributed by atoms with E-state index in [2.05, 4.69) is 4.74 Å². The molecule has 0 bridgehead atoms. The lowest BCUT2D eigenvalue weighted by molar-refractivity contribution is -0.913. The van der Waals surface area contributed by atoms with Gasteiger partial charge in [-0.25, -0.2) is 20.2 Å².